The van der Waals surface area contributed by atoms with Crippen LogP contribution in [0.25, 0.3) is 11.0 Å². The number of phenols is 1. The Balaban J connectivity index is 2.60. The predicted octanol–water partition coefficient (Wildman–Crippen LogP) is 4.48. The number of rotatable bonds is 7. The van der Waals surface area contributed by atoms with Crippen molar-refractivity contribution in [1.82, 2.24) is 4.90 Å². The summed E-state index contributed by atoms with van der Waals surface area (Å²) in [6.45, 7) is 15.2. The first-order valence-electron chi connectivity index (χ1n) is 9.23. The quantitative estimate of drug-likeness (QED) is 0.752. The molecule has 0 bridgehead atoms. The van der Waals surface area contributed by atoms with Crippen LogP contribution in [0.4, 0.5) is 0 Å². The third-order valence-electron chi connectivity index (χ3n) is 4.40. The van der Waals surface area contributed by atoms with Crippen LogP contribution >= 0.6 is 0 Å². The minimum absolute atomic E-state index is 0.265. The highest BCUT2D eigenvalue weighted by atomic mass is 16.4. The zero-order valence-corrected chi connectivity index (χ0v) is 16.3. The van der Waals surface area contributed by atoms with Gasteiger partial charge in [-0.3, -0.25) is 4.90 Å². The number of fused-ring (bicyclic) bond motifs is 1. The first kappa shape index (κ1) is 19.5. The topological polar surface area (TPSA) is 53.7 Å². The molecular weight excluding hydrogens is 314 g/mol. The van der Waals surface area contributed by atoms with Crippen LogP contribution in [-0.4, -0.2) is 23.1 Å². The van der Waals surface area contributed by atoms with Gasteiger partial charge < -0.3 is 9.52 Å². The Hall–Kier alpha value is -1.81. The lowest BCUT2D eigenvalue weighted by Crippen LogP contribution is -2.31. The molecule has 0 unspecified atom stereocenters. The first-order valence-corrected chi connectivity index (χ1v) is 9.23. The average Bonchev–Trinajstić information content (AvgIpc) is 2.48. The number of nitrogens with zero attached hydrogens (tertiary/aromatic N) is 1. The number of benzene rings is 1. The molecule has 138 valence electrons. The van der Waals surface area contributed by atoms with Crippen LogP contribution in [0.15, 0.2) is 21.3 Å². The third-order valence-corrected chi connectivity index (χ3v) is 4.40. The second-order valence-corrected chi connectivity index (χ2v) is 7.82. The van der Waals surface area contributed by atoms with E-state index < -0.39 is 0 Å². The molecule has 0 aliphatic carbocycles. The van der Waals surface area contributed by atoms with Gasteiger partial charge in [0.05, 0.1) is 5.56 Å². The summed E-state index contributed by atoms with van der Waals surface area (Å²) in [5.74, 6) is 1.31. The van der Waals surface area contributed by atoms with Crippen molar-refractivity contribution in [2.24, 2.45) is 11.8 Å². The van der Waals surface area contributed by atoms with Crippen LogP contribution in [0.2, 0.25) is 0 Å². The minimum atomic E-state index is -0.367. The van der Waals surface area contributed by atoms with Crippen LogP contribution < -0.4 is 5.63 Å². The summed E-state index contributed by atoms with van der Waals surface area (Å²) in [7, 11) is 0. The molecule has 0 aliphatic heterocycles. The van der Waals surface area contributed by atoms with Crippen LogP contribution in [0.5, 0.6) is 5.75 Å². The van der Waals surface area contributed by atoms with Gasteiger partial charge in [0, 0.05) is 31.1 Å². The molecule has 0 radical (unpaired) electrons. The Morgan fingerprint density at radius 3 is 2.24 bits per heavy atom. The summed E-state index contributed by atoms with van der Waals surface area (Å²) in [5, 5.41) is 11.7. The van der Waals surface area contributed by atoms with Gasteiger partial charge in [0.1, 0.15) is 11.3 Å². The van der Waals surface area contributed by atoms with E-state index in [1.807, 2.05) is 19.9 Å². The smallest absolute Gasteiger partial charge is 0.336 e. The highest BCUT2D eigenvalue weighted by Gasteiger charge is 2.20. The maximum atomic E-state index is 11.9. The maximum absolute atomic E-state index is 11.9. The Morgan fingerprint density at radius 1 is 1.12 bits per heavy atom. The van der Waals surface area contributed by atoms with E-state index in [-0.39, 0.29) is 11.4 Å². The molecule has 0 saturated carbocycles. The Kier molecular flexibility index (Phi) is 6.28. The Bertz CT molecular complexity index is 780. The van der Waals surface area contributed by atoms with Gasteiger partial charge in [0.2, 0.25) is 0 Å². The number of hydrogen-bond acceptors (Lipinski definition) is 4. The zero-order valence-electron chi connectivity index (χ0n) is 16.3. The van der Waals surface area contributed by atoms with Crippen molar-refractivity contribution in [3.63, 3.8) is 0 Å². The summed E-state index contributed by atoms with van der Waals surface area (Å²) < 4.78 is 5.52. The molecule has 1 aromatic heterocycles. The standard InChI is InChI=1S/C21H31NO3/c1-7-16-9-17-15(6)8-19(23)25-21(17)18(20(16)24)12-22(10-13(2)3)11-14(4)5/h8-9,13-14,24H,7,10-12H2,1-6H3. The van der Waals surface area contributed by atoms with Gasteiger partial charge in [0.25, 0.3) is 0 Å². The number of hydrogen-bond donors (Lipinski definition) is 1. The molecule has 2 rings (SSSR count). The molecule has 2 aromatic rings. The van der Waals surface area contributed by atoms with Crippen molar-refractivity contribution in [2.75, 3.05) is 13.1 Å². The normalized spacial score (nSPS) is 12.0. The second-order valence-electron chi connectivity index (χ2n) is 7.82. The van der Waals surface area contributed by atoms with Crippen LogP contribution in [0.3, 0.4) is 0 Å². The highest BCUT2D eigenvalue weighted by Crippen LogP contribution is 2.33. The van der Waals surface area contributed by atoms with E-state index in [9.17, 15) is 9.90 Å². The van der Waals surface area contributed by atoms with E-state index in [0.717, 1.165) is 41.6 Å². The maximum Gasteiger partial charge on any atom is 0.336 e. The van der Waals surface area contributed by atoms with Gasteiger partial charge in [-0.25, -0.2) is 4.79 Å². The van der Waals surface area contributed by atoms with E-state index >= 15 is 0 Å². The Labute approximate surface area is 150 Å². The lowest BCUT2D eigenvalue weighted by Gasteiger charge is -2.27. The summed E-state index contributed by atoms with van der Waals surface area (Å²) in [5.41, 5.74) is 2.68. The third kappa shape index (κ3) is 4.63. The van der Waals surface area contributed by atoms with Crippen molar-refractivity contribution in [3.05, 3.63) is 39.2 Å². The monoisotopic (exact) mass is 345 g/mol. The summed E-state index contributed by atoms with van der Waals surface area (Å²) in [6, 6.07) is 3.46. The first-order chi connectivity index (χ1) is 11.7. The molecule has 0 spiro atoms. The molecule has 1 aromatic carbocycles. The molecule has 0 aliphatic rings. The molecule has 0 atom stereocenters. The second kappa shape index (κ2) is 8.05. The van der Waals surface area contributed by atoms with E-state index in [2.05, 4.69) is 32.6 Å². The van der Waals surface area contributed by atoms with E-state index in [4.69, 9.17) is 4.42 Å². The van der Waals surface area contributed by atoms with Gasteiger partial charge in [0.15, 0.2) is 0 Å². The molecule has 0 fully saturated rings. The lowest BCUT2D eigenvalue weighted by molar-refractivity contribution is 0.209. The fourth-order valence-electron chi connectivity index (χ4n) is 3.44. The largest absolute Gasteiger partial charge is 0.507 e. The van der Waals surface area contributed by atoms with Crippen LogP contribution in [0.1, 0.15) is 51.3 Å². The molecule has 0 saturated heterocycles. The molecule has 1 N–H and O–H groups in total. The fourth-order valence-corrected chi connectivity index (χ4v) is 3.44. The summed E-state index contributed by atoms with van der Waals surface area (Å²) >= 11 is 0. The number of aryl methyl sites for hydroxylation is 2. The van der Waals surface area contributed by atoms with E-state index in [1.54, 1.807) is 0 Å². The molecule has 0 amide bonds. The SMILES string of the molecule is CCc1cc2c(C)cc(=O)oc2c(CN(CC(C)C)CC(C)C)c1O. The van der Waals surface area contributed by atoms with Gasteiger partial charge in [-0.1, -0.05) is 34.6 Å². The van der Waals surface area contributed by atoms with E-state index in [0.29, 0.717) is 24.0 Å². The van der Waals surface area contributed by atoms with Gasteiger partial charge in [-0.15, -0.1) is 0 Å². The molecule has 1 heterocycles. The molecule has 4 heteroatoms. The van der Waals surface area contributed by atoms with Crippen molar-refractivity contribution < 1.29 is 9.52 Å². The molecule has 25 heavy (non-hydrogen) atoms. The van der Waals surface area contributed by atoms with Gasteiger partial charge in [-0.05, 0) is 42.4 Å². The molecule has 4 nitrogen and oxygen atoms in total. The lowest BCUT2D eigenvalue weighted by atomic mass is 9.99. The predicted molar refractivity (Wildman–Crippen MR) is 103 cm³/mol. The van der Waals surface area contributed by atoms with Crippen molar-refractivity contribution in [3.8, 4) is 5.75 Å². The van der Waals surface area contributed by atoms with E-state index in [1.165, 1.54) is 6.07 Å². The minimum Gasteiger partial charge on any atom is -0.507 e. The molecular formula is C21H31NO3. The van der Waals surface area contributed by atoms with Crippen molar-refractivity contribution in [1.29, 1.82) is 0 Å². The van der Waals surface area contributed by atoms with Crippen LogP contribution in [-0.2, 0) is 13.0 Å². The van der Waals surface area contributed by atoms with Crippen molar-refractivity contribution in [2.45, 2.75) is 54.5 Å². The van der Waals surface area contributed by atoms with Crippen LogP contribution in [0, 0.1) is 18.8 Å². The average molecular weight is 345 g/mol. The Morgan fingerprint density at radius 2 is 1.72 bits per heavy atom. The summed E-state index contributed by atoms with van der Waals surface area (Å²) in [6.07, 6.45) is 0.738. The summed E-state index contributed by atoms with van der Waals surface area (Å²) in [4.78, 5) is 14.2. The fraction of sp³-hybridized carbons (Fsp3) is 0.571. The zero-order chi connectivity index (χ0) is 18.7. The number of aromatic hydroxyl groups is 1. The number of phenolic OH excluding ortho intramolecular Hbond substituents is 1. The van der Waals surface area contributed by atoms with Gasteiger partial charge in [-0.2, -0.15) is 0 Å². The van der Waals surface area contributed by atoms with Gasteiger partial charge >= 0.3 is 5.63 Å². The highest BCUT2D eigenvalue weighted by molar-refractivity contribution is 5.86. The van der Waals surface area contributed by atoms with Crippen molar-refractivity contribution >= 4 is 11.0 Å².